The number of rotatable bonds is 9. The molecule has 4 heteroatoms. The van der Waals surface area contributed by atoms with E-state index in [1.54, 1.807) is 0 Å². The summed E-state index contributed by atoms with van der Waals surface area (Å²) < 4.78 is 0. The van der Waals surface area contributed by atoms with E-state index in [0.29, 0.717) is 6.42 Å². The number of ketones is 1. The molecule has 100 valence electrons. The van der Waals surface area contributed by atoms with Crippen molar-refractivity contribution in [2.24, 2.45) is 17.6 Å². The Balaban J connectivity index is 4.25. The molecule has 0 aliphatic heterocycles. The number of unbranched alkanes of at least 4 members (excludes halogenated alkanes) is 2. The van der Waals surface area contributed by atoms with Crippen LogP contribution in [0.2, 0.25) is 0 Å². The molecule has 0 radical (unpaired) electrons. The zero-order chi connectivity index (χ0) is 13.4. The van der Waals surface area contributed by atoms with Crippen LogP contribution >= 0.6 is 0 Å². The van der Waals surface area contributed by atoms with Crippen LogP contribution in [0.1, 0.15) is 52.9 Å². The van der Waals surface area contributed by atoms with E-state index < -0.39 is 17.9 Å². The van der Waals surface area contributed by atoms with Crippen LogP contribution in [0.25, 0.3) is 0 Å². The summed E-state index contributed by atoms with van der Waals surface area (Å²) in [4.78, 5) is 22.8. The van der Waals surface area contributed by atoms with Gasteiger partial charge in [-0.2, -0.15) is 0 Å². The van der Waals surface area contributed by atoms with Crippen molar-refractivity contribution in [2.45, 2.75) is 58.9 Å². The third kappa shape index (κ3) is 6.41. The number of carbonyl (C=O) groups is 2. The summed E-state index contributed by atoms with van der Waals surface area (Å²) in [5.74, 6) is -1.53. The summed E-state index contributed by atoms with van der Waals surface area (Å²) in [7, 11) is 0. The van der Waals surface area contributed by atoms with Crippen molar-refractivity contribution in [3.63, 3.8) is 0 Å². The van der Waals surface area contributed by atoms with Crippen LogP contribution in [-0.2, 0) is 9.59 Å². The third-order valence-corrected chi connectivity index (χ3v) is 3.04. The molecule has 0 fully saturated rings. The summed E-state index contributed by atoms with van der Waals surface area (Å²) >= 11 is 0. The largest absolute Gasteiger partial charge is 0.481 e. The second-order valence-electron chi connectivity index (χ2n) is 4.97. The van der Waals surface area contributed by atoms with E-state index in [-0.39, 0.29) is 18.1 Å². The SMILES string of the molecule is CCCCC[C@H](CC(=O)[C@@H](N)C(C)C)C(=O)O. The lowest BCUT2D eigenvalue weighted by Crippen LogP contribution is -2.37. The molecule has 2 atom stereocenters. The first kappa shape index (κ1) is 16.1. The lowest BCUT2D eigenvalue weighted by molar-refractivity contribution is -0.144. The minimum Gasteiger partial charge on any atom is -0.481 e. The van der Waals surface area contributed by atoms with Gasteiger partial charge in [-0.15, -0.1) is 0 Å². The fraction of sp³-hybridized carbons (Fsp3) is 0.846. The Morgan fingerprint density at radius 1 is 1.24 bits per heavy atom. The molecule has 4 nitrogen and oxygen atoms in total. The van der Waals surface area contributed by atoms with Crippen molar-refractivity contribution in [1.82, 2.24) is 0 Å². The Morgan fingerprint density at radius 2 is 1.82 bits per heavy atom. The van der Waals surface area contributed by atoms with E-state index in [9.17, 15) is 9.59 Å². The Bertz CT molecular complexity index is 251. The van der Waals surface area contributed by atoms with Gasteiger partial charge in [0.2, 0.25) is 0 Å². The van der Waals surface area contributed by atoms with Crippen molar-refractivity contribution >= 4 is 11.8 Å². The van der Waals surface area contributed by atoms with Gasteiger partial charge < -0.3 is 10.8 Å². The summed E-state index contributed by atoms with van der Waals surface area (Å²) in [5, 5.41) is 9.05. The Morgan fingerprint density at radius 3 is 2.24 bits per heavy atom. The first-order valence-corrected chi connectivity index (χ1v) is 6.41. The van der Waals surface area contributed by atoms with Gasteiger partial charge in [0.15, 0.2) is 5.78 Å². The quantitative estimate of drug-likeness (QED) is 0.608. The fourth-order valence-electron chi connectivity index (χ4n) is 1.70. The second-order valence-corrected chi connectivity index (χ2v) is 4.97. The molecule has 0 heterocycles. The van der Waals surface area contributed by atoms with Gasteiger partial charge in [0.1, 0.15) is 0 Å². The van der Waals surface area contributed by atoms with Crippen LogP contribution in [0.5, 0.6) is 0 Å². The molecule has 0 unspecified atom stereocenters. The van der Waals surface area contributed by atoms with Gasteiger partial charge in [-0.05, 0) is 12.3 Å². The number of hydrogen-bond acceptors (Lipinski definition) is 3. The van der Waals surface area contributed by atoms with Crippen LogP contribution in [-0.4, -0.2) is 22.9 Å². The Hall–Kier alpha value is -0.900. The van der Waals surface area contributed by atoms with Crippen LogP contribution in [0, 0.1) is 11.8 Å². The highest BCUT2D eigenvalue weighted by atomic mass is 16.4. The number of nitrogens with two attached hydrogens (primary N) is 1. The van der Waals surface area contributed by atoms with Crippen molar-refractivity contribution in [2.75, 3.05) is 0 Å². The highest BCUT2D eigenvalue weighted by Crippen LogP contribution is 2.16. The van der Waals surface area contributed by atoms with Crippen LogP contribution in [0.3, 0.4) is 0 Å². The Kier molecular flexibility index (Phi) is 7.79. The molecule has 0 aromatic carbocycles. The molecule has 0 saturated heterocycles. The summed E-state index contributed by atoms with van der Waals surface area (Å²) in [6.07, 6.45) is 3.55. The zero-order valence-electron chi connectivity index (χ0n) is 11.1. The van der Waals surface area contributed by atoms with E-state index in [0.717, 1.165) is 19.3 Å². The number of Topliss-reactive ketones (excluding diaryl/α,β-unsaturated/α-hetero) is 1. The van der Waals surface area contributed by atoms with Crippen molar-refractivity contribution in [1.29, 1.82) is 0 Å². The first-order chi connectivity index (χ1) is 7.90. The minimum absolute atomic E-state index is 0.0626. The summed E-state index contributed by atoms with van der Waals surface area (Å²) in [6, 6.07) is -0.539. The highest BCUT2D eigenvalue weighted by molar-refractivity contribution is 5.87. The molecule has 0 saturated carbocycles. The molecule has 0 aliphatic carbocycles. The van der Waals surface area contributed by atoms with E-state index in [4.69, 9.17) is 10.8 Å². The predicted octanol–water partition coefficient (Wildman–Crippen LogP) is 2.21. The average molecular weight is 243 g/mol. The average Bonchev–Trinajstić information content (AvgIpc) is 2.26. The molecule has 3 N–H and O–H groups in total. The van der Waals surface area contributed by atoms with Crippen molar-refractivity contribution in [3.8, 4) is 0 Å². The number of carboxylic acid groups (broad SMARTS) is 1. The number of carboxylic acids is 1. The minimum atomic E-state index is -0.884. The van der Waals surface area contributed by atoms with Crippen LogP contribution < -0.4 is 5.73 Å². The topological polar surface area (TPSA) is 80.4 Å². The number of hydrogen-bond donors (Lipinski definition) is 2. The molecule has 0 aromatic rings. The first-order valence-electron chi connectivity index (χ1n) is 6.41. The van der Waals surface area contributed by atoms with E-state index in [1.807, 2.05) is 13.8 Å². The summed E-state index contributed by atoms with van der Waals surface area (Å²) in [5.41, 5.74) is 5.72. The Labute approximate surface area is 104 Å². The van der Waals surface area contributed by atoms with Gasteiger partial charge in [-0.3, -0.25) is 9.59 Å². The lowest BCUT2D eigenvalue weighted by atomic mass is 9.90. The lowest BCUT2D eigenvalue weighted by Gasteiger charge is -2.17. The maximum absolute atomic E-state index is 11.7. The van der Waals surface area contributed by atoms with E-state index in [2.05, 4.69) is 6.92 Å². The van der Waals surface area contributed by atoms with Gasteiger partial charge in [0.05, 0.1) is 12.0 Å². The molecule has 0 amide bonds. The maximum atomic E-state index is 11.7. The highest BCUT2D eigenvalue weighted by Gasteiger charge is 2.25. The molecular formula is C13H25NO3. The molecule has 0 aliphatic rings. The van der Waals surface area contributed by atoms with Crippen LogP contribution in [0.15, 0.2) is 0 Å². The van der Waals surface area contributed by atoms with Crippen LogP contribution in [0.4, 0.5) is 0 Å². The molecule has 0 rings (SSSR count). The molecule has 0 spiro atoms. The molecular weight excluding hydrogens is 218 g/mol. The molecule has 17 heavy (non-hydrogen) atoms. The monoisotopic (exact) mass is 243 g/mol. The standard InChI is InChI=1S/C13H25NO3/c1-4-5-6-7-10(13(16)17)8-11(15)12(14)9(2)3/h9-10,12H,4-8,14H2,1-3H3,(H,16,17)/t10-,12+/m1/s1. The predicted molar refractivity (Wildman–Crippen MR) is 67.7 cm³/mol. The number of carbonyl (C=O) groups excluding carboxylic acids is 1. The smallest absolute Gasteiger partial charge is 0.306 e. The van der Waals surface area contributed by atoms with Gasteiger partial charge in [-0.1, -0.05) is 40.0 Å². The van der Waals surface area contributed by atoms with Gasteiger partial charge in [0.25, 0.3) is 0 Å². The van der Waals surface area contributed by atoms with Gasteiger partial charge >= 0.3 is 5.97 Å². The zero-order valence-corrected chi connectivity index (χ0v) is 11.1. The fourth-order valence-corrected chi connectivity index (χ4v) is 1.70. The van der Waals surface area contributed by atoms with Gasteiger partial charge in [-0.25, -0.2) is 0 Å². The molecule has 0 aromatic heterocycles. The van der Waals surface area contributed by atoms with E-state index >= 15 is 0 Å². The molecule has 0 bridgehead atoms. The summed E-state index contributed by atoms with van der Waals surface area (Å²) in [6.45, 7) is 5.81. The van der Waals surface area contributed by atoms with Crippen molar-refractivity contribution in [3.05, 3.63) is 0 Å². The van der Waals surface area contributed by atoms with E-state index in [1.165, 1.54) is 0 Å². The normalized spacial score (nSPS) is 14.6. The van der Waals surface area contributed by atoms with Crippen molar-refractivity contribution < 1.29 is 14.7 Å². The third-order valence-electron chi connectivity index (χ3n) is 3.04. The number of aliphatic carboxylic acids is 1. The van der Waals surface area contributed by atoms with Gasteiger partial charge in [0, 0.05) is 6.42 Å². The maximum Gasteiger partial charge on any atom is 0.306 e. The second kappa shape index (κ2) is 8.23.